The fourth-order valence-corrected chi connectivity index (χ4v) is 3.28. The van der Waals surface area contributed by atoms with Gasteiger partial charge in [0.05, 0.1) is 6.20 Å². The summed E-state index contributed by atoms with van der Waals surface area (Å²) in [6, 6.07) is 7.97. The maximum Gasteiger partial charge on any atom is 0.275 e. The number of anilines is 2. The van der Waals surface area contributed by atoms with Crippen LogP contribution in [0.25, 0.3) is 4.96 Å². The second kappa shape index (κ2) is 5.42. The Kier molecular flexibility index (Phi) is 3.27. The van der Waals surface area contributed by atoms with Gasteiger partial charge in [0.25, 0.3) is 5.91 Å². The Morgan fingerprint density at radius 3 is 2.68 bits per heavy atom. The van der Waals surface area contributed by atoms with Crippen LogP contribution in [0.15, 0.2) is 36.0 Å². The van der Waals surface area contributed by atoms with Gasteiger partial charge in [-0.05, 0) is 37.1 Å². The highest BCUT2D eigenvalue weighted by Crippen LogP contribution is 2.22. The Balaban J connectivity index is 1.48. The number of nitrogens with one attached hydrogen (secondary N) is 1. The van der Waals surface area contributed by atoms with E-state index in [-0.39, 0.29) is 5.91 Å². The molecule has 2 aromatic heterocycles. The summed E-state index contributed by atoms with van der Waals surface area (Å²) in [7, 11) is 0. The molecule has 0 saturated carbocycles. The number of nitrogens with zero attached hydrogens (tertiary/aromatic N) is 4. The summed E-state index contributed by atoms with van der Waals surface area (Å²) in [5, 5.41) is 6.94. The van der Waals surface area contributed by atoms with Crippen LogP contribution in [0.3, 0.4) is 0 Å². The summed E-state index contributed by atoms with van der Waals surface area (Å²) >= 11 is 1.40. The molecule has 4 rings (SSSR count). The Labute approximate surface area is 131 Å². The van der Waals surface area contributed by atoms with Crippen LogP contribution in [0.1, 0.15) is 23.3 Å². The molecule has 3 aromatic rings. The Morgan fingerprint density at radius 2 is 1.95 bits per heavy atom. The monoisotopic (exact) mass is 313 g/mol. The van der Waals surface area contributed by atoms with Gasteiger partial charge in [-0.1, -0.05) is 11.3 Å². The number of imidazole rings is 1. The summed E-state index contributed by atoms with van der Waals surface area (Å²) in [6.07, 6.45) is 4.15. The van der Waals surface area contributed by atoms with Crippen molar-refractivity contribution in [3.05, 3.63) is 41.7 Å². The largest absolute Gasteiger partial charge is 0.372 e. The number of hydrogen-bond acceptors (Lipinski definition) is 5. The lowest BCUT2D eigenvalue weighted by Gasteiger charge is -2.17. The molecular formula is C15H15N5OS. The first-order chi connectivity index (χ1) is 10.8. The first-order valence-corrected chi connectivity index (χ1v) is 8.13. The molecule has 0 spiro atoms. The van der Waals surface area contributed by atoms with Gasteiger partial charge in [-0.2, -0.15) is 5.10 Å². The molecule has 0 aliphatic carbocycles. The van der Waals surface area contributed by atoms with Crippen molar-refractivity contribution in [2.75, 3.05) is 23.3 Å². The Bertz CT molecular complexity index is 772. The van der Waals surface area contributed by atoms with E-state index < -0.39 is 0 Å². The molecule has 7 heteroatoms. The minimum Gasteiger partial charge on any atom is -0.372 e. The molecule has 1 saturated heterocycles. The highest BCUT2D eigenvalue weighted by Gasteiger charge is 2.14. The number of benzene rings is 1. The van der Waals surface area contributed by atoms with Crippen LogP contribution < -0.4 is 10.2 Å². The van der Waals surface area contributed by atoms with Crippen molar-refractivity contribution in [2.24, 2.45) is 0 Å². The average Bonchev–Trinajstić information content (AvgIpc) is 3.24. The Morgan fingerprint density at radius 1 is 1.18 bits per heavy atom. The van der Waals surface area contributed by atoms with E-state index in [1.165, 1.54) is 29.9 Å². The van der Waals surface area contributed by atoms with Crippen LogP contribution in [0.4, 0.5) is 11.4 Å². The summed E-state index contributed by atoms with van der Waals surface area (Å²) in [4.78, 5) is 19.5. The third kappa shape index (κ3) is 2.43. The zero-order valence-electron chi connectivity index (χ0n) is 11.9. The number of fused-ring (bicyclic) bond motifs is 1. The maximum absolute atomic E-state index is 12.2. The van der Waals surface area contributed by atoms with Gasteiger partial charge in [0.2, 0.25) is 4.96 Å². The molecule has 0 radical (unpaired) electrons. The molecule has 1 aromatic carbocycles. The van der Waals surface area contributed by atoms with Crippen molar-refractivity contribution >= 4 is 33.6 Å². The molecule has 22 heavy (non-hydrogen) atoms. The van der Waals surface area contributed by atoms with Gasteiger partial charge in [-0.25, -0.2) is 9.50 Å². The third-order valence-electron chi connectivity index (χ3n) is 3.82. The summed E-state index contributed by atoms with van der Waals surface area (Å²) < 4.78 is 1.61. The SMILES string of the molecule is O=C(Nc1ccc(N2CCCC2)cc1)c1cn2ncsc2n1. The topological polar surface area (TPSA) is 62.5 Å². The minimum absolute atomic E-state index is 0.216. The van der Waals surface area contributed by atoms with Crippen LogP contribution in [0.5, 0.6) is 0 Å². The van der Waals surface area contributed by atoms with Crippen LogP contribution in [-0.2, 0) is 0 Å². The predicted molar refractivity (Wildman–Crippen MR) is 86.7 cm³/mol. The number of carbonyl (C=O) groups excluding carboxylic acids is 1. The summed E-state index contributed by atoms with van der Waals surface area (Å²) in [5.41, 5.74) is 4.06. The van der Waals surface area contributed by atoms with Gasteiger partial charge >= 0.3 is 0 Å². The predicted octanol–water partition coefficient (Wildman–Crippen LogP) is 2.64. The van der Waals surface area contributed by atoms with Crippen molar-refractivity contribution in [3.63, 3.8) is 0 Å². The zero-order chi connectivity index (χ0) is 14.9. The first-order valence-electron chi connectivity index (χ1n) is 7.25. The van der Waals surface area contributed by atoms with Gasteiger partial charge < -0.3 is 10.2 Å². The van der Waals surface area contributed by atoms with Crippen molar-refractivity contribution in [1.29, 1.82) is 0 Å². The molecule has 1 aliphatic heterocycles. The highest BCUT2D eigenvalue weighted by atomic mass is 32.1. The molecule has 1 fully saturated rings. The van der Waals surface area contributed by atoms with E-state index >= 15 is 0 Å². The summed E-state index contributed by atoms with van der Waals surface area (Å²) in [5.74, 6) is -0.216. The number of amides is 1. The molecule has 6 nitrogen and oxygen atoms in total. The maximum atomic E-state index is 12.2. The van der Waals surface area contributed by atoms with E-state index in [2.05, 4.69) is 20.3 Å². The lowest BCUT2D eigenvalue weighted by Crippen LogP contribution is -2.17. The molecule has 1 amide bonds. The van der Waals surface area contributed by atoms with Gasteiger partial charge in [-0.15, -0.1) is 0 Å². The third-order valence-corrected chi connectivity index (χ3v) is 4.50. The quantitative estimate of drug-likeness (QED) is 0.807. The van der Waals surface area contributed by atoms with E-state index in [1.54, 1.807) is 16.2 Å². The molecular weight excluding hydrogens is 298 g/mol. The zero-order valence-corrected chi connectivity index (χ0v) is 12.7. The van der Waals surface area contributed by atoms with E-state index in [0.717, 1.165) is 23.7 Å². The standard InChI is InChI=1S/C15H15N5OS/c21-14(13-9-20-15(18-13)22-10-16-20)17-11-3-5-12(6-4-11)19-7-1-2-8-19/h3-6,9-10H,1-2,7-8H2,(H,17,21). The average molecular weight is 313 g/mol. The van der Waals surface area contributed by atoms with Crippen LogP contribution in [0.2, 0.25) is 0 Å². The van der Waals surface area contributed by atoms with Crippen LogP contribution in [-0.4, -0.2) is 33.6 Å². The van der Waals surface area contributed by atoms with Crippen molar-refractivity contribution in [1.82, 2.24) is 14.6 Å². The number of carbonyl (C=O) groups is 1. The molecule has 0 unspecified atom stereocenters. The first kappa shape index (κ1) is 13.3. The Hall–Kier alpha value is -2.41. The van der Waals surface area contributed by atoms with E-state index in [1.807, 2.05) is 24.3 Å². The number of aromatic nitrogens is 3. The highest BCUT2D eigenvalue weighted by molar-refractivity contribution is 7.14. The van der Waals surface area contributed by atoms with Crippen LogP contribution >= 0.6 is 11.3 Å². The van der Waals surface area contributed by atoms with E-state index in [0.29, 0.717) is 5.69 Å². The second-order valence-electron chi connectivity index (χ2n) is 5.29. The molecule has 3 heterocycles. The van der Waals surface area contributed by atoms with Crippen molar-refractivity contribution in [2.45, 2.75) is 12.8 Å². The lowest BCUT2D eigenvalue weighted by molar-refractivity contribution is 0.102. The summed E-state index contributed by atoms with van der Waals surface area (Å²) in [6.45, 7) is 2.23. The van der Waals surface area contributed by atoms with Crippen molar-refractivity contribution < 1.29 is 4.79 Å². The van der Waals surface area contributed by atoms with E-state index in [9.17, 15) is 4.79 Å². The molecule has 1 N–H and O–H groups in total. The van der Waals surface area contributed by atoms with Gasteiger partial charge in [0.15, 0.2) is 0 Å². The normalized spacial score (nSPS) is 14.6. The van der Waals surface area contributed by atoms with Gasteiger partial charge in [0.1, 0.15) is 11.2 Å². The molecule has 0 bridgehead atoms. The molecule has 1 aliphatic rings. The fraction of sp³-hybridized carbons (Fsp3) is 0.267. The van der Waals surface area contributed by atoms with Crippen LogP contribution in [0, 0.1) is 0 Å². The van der Waals surface area contributed by atoms with Gasteiger partial charge in [-0.3, -0.25) is 4.79 Å². The lowest BCUT2D eigenvalue weighted by atomic mass is 10.2. The molecule has 112 valence electrons. The number of rotatable bonds is 3. The molecule has 0 atom stereocenters. The fourth-order valence-electron chi connectivity index (χ4n) is 2.67. The minimum atomic E-state index is -0.216. The van der Waals surface area contributed by atoms with Crippen molar-refractivity contribution in [3.8, 4) is 0 Å². The van der Waals surface area contributed by atoms with E-state index in [4.69, 9.17) is 0 Å². The van der Waals surface area contributed by atoms with Gasteiger partial charge in [0, 0.05) is 24.5 Å². The second-order valence-corrected chi connectivity index (χ2v) is 6.10. The smallest absolute Gasteiger partial charge is 0.275 e. The number of hydrogen-bond donors (Lipinski definition) is 1.